The molecule has 0 saturated heterocycles. The van der Waals surface area contributed by atoms with Crippen molar-refractivity contribution in [2.75, 3.05) is 13.7 Å². The summed E-state index contributed by atoms with van der Waals surface area (Å²) < 4.78 is 30.5. The highest BCUT2D eigenvalue weighted by atomic mass is 19.2. The van der Waals surface area contributed by atoms with E-state index in [0.29, 0.717) is 18.6 Å². The van der Waals surface area contributed by atoms with Crippen molar-refractivity contribution < 1.29 is 18.6 Å². The summed E-state index contributed by atoms with van der Waals surface area (Å²) in [6, 6.07) is 3.65. The van der Waals surface area contributed by atoms with Crippen LogP contribution in [-0.4, -0.2) is 24.9 Å². The van der Waals surface area contributed by atoms with E-state index in [1.807, 2.05) is 6.92 Å². The Balaban J connectivity index is 2.62. The Kier molecular flexibility index (Phi) is 4.83. The normalized spacial score (nSPS) is 14.8. The van der Waals surface area contributed by atoms with Gasteiger partial charge in [0.2, 0.25) is 0 Å². The van der Waals surface area contributed by atoms with Gasteiger partial charge in [0.25, 0.3) is 0 Å². The number of rotatable bonds is 5. The molecule has 0 bridgehead atoms. The minimum absolute atomic E-state index is 0.0434. The molecule has 1 aromatic carbocycles. The number of aliphatic hydroxyl groups is 1. The molecule has 4 heteroatoms. The average molecular weight is 230 g/mol. The van der Waals surface area contributed by atoms with E-state index in [0.717, 1.165) is 12.1 Å². The van der Waals surface area contributed by atoms with Crippen LogP contribution in [0, 0.1) is 17.6 Å². The molecule has 0 amide bonds. The SMILES string of the molecule is COCC(C)C(O)Cc1ccc(F)c(F)c1. The molecule has 0 spiro atoms. The fourth-order valence-corrected chi connectivity index (χ4v) is 1.48. The van der Waals surface area contributed by atoms with Crippen LogP contribution < -0.4 is 0 Å². The molecule has 1 rings (SSSR count). The molecule has 16 heavy (non-hydrogen) atoms. The highest BCUT2D eigenvalue weighted by Gasteiger charge is 2.15. The van der Waals surface area contributed by atoms with Gasteiger partial charge >= 0.3 is 0 Å². The molecule has 2 nitrogen and oxygen atoms in total. The molecule has 0 aliphatic heterocycles. The highest BCUT2D eigenvalue weighted by molar-refractivity contribution is 5.18. The van der Waals surface area contributed by atoms with Gasteiger partial charge in [-0.05, 0) is 24.1 Å². The molecule has 0 heterocycles. The van der Waals surface area contributed by atoms with Crippen LogP contribution >= 0.6 is 0 Å². The number of halogens is 2. The molecule has 0 saturated carbocycles. The lowest BCUT2D eigenvalue weighted by molar-refractivity contribution is 0.0574. The number of hydrogen-bond acceptors (Lipinski definition) is 2. The van der Waals surface area contributed by atoms with Gasteiger partial charge in [0.1, 0.15) is 0 Å². The fourth-order valence-electron chi connectivity index (χ4n) is 1.48. The molecule has 0 aromatic heterocycles. The molecule has 0 aliphatic carbocycles. The average Bonchev–Trinajstić information content (AvgIpc) is 2.24. The second-order valence-electron chi connectivity index (χ2n) is 3.95. The summed E-state index contributed by atoms with van der Waals surface area (Å²) in [7, 11) is 1.56. The third-order valence-corrected chi connectivity index (χ3v) is 2.52. The summed E-state index contributed by atoms with van der Waals surface area (Å²) in [6.45, 7) is 2.28. The Morgan fingerprint density at radius 2 is 2.00 bits per heavy atom. The van der Waals surface area contributed by atoms with Crippen LogP contribution in [0.25, 0.3) is 0 Å². The Hall–Kier alpha value is -1.00. The van der Waals surface area contributed by atoms with E-state index >= 15 is 0 Å². The number of benzene rings is 1. The van der Waals surface area contributed by atoms with Gasteiger partial charge in [-0.25, -0.2) is 8.78 Å². The van der Waals surface area contributed by atoms with Gasteiger partial charge in [0, 0.05) is 13.0 Å². The van der Waals surface area contributed by atoms with E-state index in [1.165, 1.54) is 6.07 Å². The van der Waals surface area contributed by atoms with Gasteiger partial charge in [0.05, 0.1) is 12.7 Å². The van der Waals surface area contributed by atoms with Crippen molar-refractivity contribution in [1.29, 1.82) is 0 Å². The molecule has 2 atom stereocenters. The van der Waals surface area contributed by atoms with Crippen LogP contribution in [0.4, 0.5) is 8.78 Å². The summed E-state index contributed by atoms with van der Waals surface area (Å²) in [5.74, 6) is -1.80. The van der Waals surface area contributed by atoms with Crippen molar-refractivity contribution >= 4 is 0 Å². The first-order valence-electron chi connectivity index (χ1n) is 5.15. The maximum atomic E-state index is 12.9. The van der Waals surface area contributed by atoms with Crippen LogP contribution in [0.3, 0.4) is 0 Å². The smallest absolute Gasteiger partial charge is 0.159 e. The molecule has 0 radical (unpaired) electrons. The van der Waals surface area contributed by atoms with Crippen LogP contribution in [0.2, 0.25) is 0 Å². The predicted molar refractivity (Wildman–Crippen MR) is 57.1 cm³/mol. The zero-order valence-corrected chi connectivity index (χ0v) is 9.41. The van der Waals surface area contributed by atoms with Crippen molar-refractivity contribution in [3.8, 4) is 0 Å². The second-order valence-corrected chi connectivity index (χ2v) is 3.95. The fraction of sp³-hybridized carbons (Fsp3) is 0.500. The first kappa shape index (κ1) is 13.1. The van der Waals surface area contributed by atoms with Crippen LogP contribution in [0.15, 0.2) is 18.2 Å². The summed E-state index contributed by atoms with van der Waals surface area (Å²) >= 11 is 0. The molecule has 1 N–H and O–H groups in total. The summed E-state index contributed by atoms with van der Waals surface area (Å²) in [5.41, 5.74) is 0.578. The van der Waals surface area contributed by atoms with Crippen LogP contribution in [-0.2, 0) is 11.2 Å². The maximum absolute atomic E-state index is 12.9. The van der Waals surface area contributed by atoms with Crippen molar-refractivity contribution in [2.45, 2.75) is 19.4 Å². The highest BCUT2D eigenvalue weighted by Crippen LogP contribution is 2.14. The van der Waals surface area contributed by atoms with Crippen LogP contribution in [0.5, 0.6) is 0 Å². The monoisotopic (exact) mass is 230 g/mol. The first-order valence-corrected chi connectivity index (χ1v) is 5.15. The van der Waals surface area contributed by atoms with E-state index < -0.39 is 17.7 Å². The molecule has 0 aliphatic rings. The number of aliphatic hydroxyl groups excluding tert-OH is 1. The molecular weight excluding hydrogens is 214 g/mol. The number of ether oxygens (including phenoxy) is 1. The number of methoxy groups -OCH3 is 1. The standard InChI is InChI=1S/C12H16F2O2/c1-8(7-16-2)12(15)6-9-3-4-10(13)11(14)5-9/h3-5,8,12,15H,6-7H2,1-2H3. The van der Waals surface area contributed by atoms with Crippen molar-refractivity contribution in [2.24, 2.45) is 5.92 Å². The quantitative estimate of drug-likeness (QED) is 0.839. The molecular formula is C12H16F2O2. The van der Waals surface area contributed by atoms with E-state index in [-0.39, 0.29) is 5.92 Å². The van der Waals surface area contributed by atoms with Gasteiger partial charge in [-0.15, -0.1) is 0 Å². The zero-order valence-electron chi connectivity index (χ0n) is 9.41. The zero-order chi connectivity index (χ0) is 12.1. The summed E-state index contributed by atoms with van der Waals surface area (Å²) in [4.78, 5) is 0. The lowest BCUT2D eigenvalue weighted by atomic mass is 9.98. The largest absolute Gasteiger partial charge is 0.392 e. The van der Waals surface area contributed by atoms with E-state index in [1.54, 1.807) is 7.11 Å². The Morgan fingerprint density at radius 3 is 2.56 bits per heavy atom. The lowest BCUT2D eigenvalue weighted by Crippen LogP contribution is -2.24. The third kappa shape index (κ3) is 3.54. The third-order valence-electron chi connectivity index (χ3n) is 2.52. The van der Waals surface area contributed by atoms with Crippen molar-refractivity contribution in [3.05, 3.63) is 35.4 Å². The second kappa shape index (κ2) is 5.92. The molecule has 2 unspecified atom stereocenters. The molecule has 90 valence electrons. The molecule has 0 fully saturated rings. The van der Waals surface area contributed by atoms with Gasteiger partial charge in [-0.2, -0.15) is 0 Å². The Morgan fingerprint density at radius 1 is 1.31 bits per heavy atom. The first-order chi connectivity index (χ1) is 7.54. The Labute approximate surface area is 93.9 Å². The van der Waals surface area contributed by atoms with Gasteiger partial charge in [-0.3, -0.25) is 0 Å². The van der Waals surface area contributed by atoms with E-state index in [4.69, 9.17) is 4.74 Å². The minimum atomic E-state index is -0.885. The number of hydrogen-bond donors (Lipinski definition) is 1. The topological polar surface area (TPSA) is 29.5 Å². The van der Waals surface area contributed by atoms with Crippen LogP contribution in [0.1, 0.15) is 12.5 Å². The minimum Gasteiger partial charge on any atom is -0.392 e. The van der Waals surface area contributed by atoms with Gasteiger partial charge in [-0.1, -0.05) is 13.0 Å². The van der Waals surface area contributed by atoms with Gasteiger partial charge < -0.3 is 9.84 Å². The Bertz CT molecular complexity index is 342. The lowest BCUT2D eigenvalue weighted by Gasteiger charge is -2.17. The summed E-state index contributed by atoms with van der Waals surface area (Å²) in [5, 5.41) is 9.77. The van der Waals surface area contributed by atoms with Crippen molar-refractivity contribution in [1.82, 2.24) is 0 Å². The van der Waals surface area contributed by atoms with E-state index in [2.05, 4.69) is 0 Å². The van der Waals surface area contributed by atoms with Crippen molar-refractivity contribution in [3.63, 3.8) is 0 Å². The van der Waals surface area contributed by atoms with E-state index in [9.17, 15) is 13.9 Å². The summed E-state index contributed by atoms with van der Waals surface area (Å²) in [6.07, 6.45) is -0.327. The maximum Gasteiger partial charge on any atom is 0.159 e. The molecule has 1 aromatic rings. The van der Waals surface area contributed by atoms with Gasteiger partial charge in [0.15, 0.2) is 11.6 Å². The predicted octanol–water partition coefficient (Wildman–Crippen LogP) is 2.15.